The molecule has 0 radical (unpaired) electrons. The van der Waals surface area contributed by atoms with Gasteiger partial charge in [0, 0.05) is 13.0 Å². The maximum atomic E-state index is 10.2. The van der Waals surface area contributed by atoms with Crippen LogP contribution in [0.25, 0.3) is 0 Å². The van der Waals surface area contributed by atoms with E-state index in [0.29, 0.717) is 26.1 Å². The molecule has 0 aromatic heterocycles. The molecule has 0 fully saturated rings. The number of rotatable bonds is 6. The fourth-order valence-electron chi connectivity index (χ4n) is 0.480. The number of ether oxygens (including phenoxy) is 1. The third-order valence-electron chi connectivity index (χ3n) is 0.898. The lowest BCUT2D eigenvalue weighted by Gasteiger charge is -1.96. The summed E-state index contributed by atoms with van der Waals surface area (Å²) in [5.41, 5.74) is 0. The van der Waals surface area contributed by atoms with Crippen LogP contribution in [0.15, 0.2) is 12.7 Å². The zero-order chi connectivity index (χ0) is 7.82. The predicted octanol–water partition coefficient (Wildman–Crippen LogP) is 1.73. The topological polar surface area (TPSA) is 26.3 Å². The first-order valence-electron chi connectivity index (χ1n) is 3.14. The van der Waals surface area contributed by atoms with Gasteiger partial charge in [-0.2, -0.15) is 0 Å². The molecule has 0 N–H and O–H groups in total. The van der Waals surface area contributed by atoms with Crippen molar-refractivity contribution in [1.29, 1.82) is 0 Å². The average Bonchev–Trinajstić information content (AvgIpc) is 1.87. The fraction of sp³-hybridized carbons (Fsp3) is 0.571. The van der Waals surface area contributed by atoms with Gasteiger partial charge < -0.3 is 4.74 Å². The molecule has 0 aromatic carbocycles. The Labute approximate surface area is 65.8 Å². The Hall–Kier alpha value is -0.340. The van der Waals surface area contributed by atoms with Crippen LogP contribution in [0.4, 0.5) is 0 Å². The number of hydrogen-bond donors (Lipinski definition) is 0. The van der Waals surface area contributed by atoms with Crippen LogP contribution in [0.3, 0.4) is 0 Å². The zero-order valence-corrected chi connectivity index (χ0v) is 6.56. The van der Waals surface area contributed by atoms with Gasteiger partial charge in [-0.05, 0) is 18.0 Å². The van der Waals surface area contributed by atoms with E-state index >= 15 is 0 Å². The number of hydrogen-bond acceptors (Lipinski definition) is 2. The average molecular weight is 163 g/mol. The standard InChI is InChI=1S/C7H11ClO2/c1-2-5-10-6-3-4-7(8)9/h2H,1,3-6H2. The van der Waals surface area contributed by atoms with Crippen LogP contribution in [0.5, 0.6) is 0 Å². The maximum Gasteiger partial charge on any atom is 0.221 e. The molecule has 10 heavy (non-hydrogen) atoms. The van der Waals surface area contributed by atoms with Crippen LogP contribution in [0.2, 0.25) is 0 Å². The first-order chi connectivity index (χ1) is 4.77. The SMILES string of the molecule is C=CCOCCCC(=O)Cl. The van der Waals surface area contributed by atoms with Gasteiger partial charge in [-0.15, -0.1) is 6.58 Å². The molecular weight excluding hydrogens is 152 g/mol. The molecule has 0 amide bonds. The lowest BCUT2D eigenvalue weighted by molar-refractivity contribution is -0.112. The third kappa shape index (κ3) is 7.66. The van der Waals surface area contributed by atoms with Gasteiger partial charge >= 0.3 is 0 Å². The van der Waals surface area contributed by atoms with E-state index in [-0.39, 0.29) is 5.24 Å². The predicted molar refractivity (Wildman–Crippen MR) is 41.1 cm³/mol. The molecule has 0 saturated heterocycles. The van der Waals surface area contributed by atoms with Gasteiger partial charge in [-0.3, -0.25) is 4.79 Å². The highest BCUT2D eigenvalue weighted by Gasteiger charge is 1.93. The minimum Gasteiger partial charge on any atom is -0.377 e. The molecule has 0 aliphatic heterocycles. The first kappa shape index (κ1) is 9.66. The fourth-order valence-corrected chi connectivity index (χ4v) is 0.614. The Morgan fingerprint density at radius 3 is 2.90 bits per heavy atom. The van der Waals surface area contributed by atoms with E-state index < -0.39 is 0 Å². The highest BCUT2D eigenvalue weighted by atomic mass is 35.5. The third-order valence-corrected chi connectivity index (χ3v) is 1.09. The molecule has 0 aromatic rings. The summed E-state index contributed by atoms with van der Waals surface area (Å²) in [6.07, 6.45) is 2.75. The van der Waals surface area contributed by atoms with E-state index in [4.69, 9.17) is 16.3 Å². The van der Waals surface area contributed by atoms with E-state index in [0.717, 1.165) is 0 Å². The summed E-state index contributed by atoms with van der Waals surface area (Å²) < 4.78 is 5.00. The second kappa shape index (κ2) is 6.78. The van der Waals surface area contributed by atoms with E-state index in [2.05, 4.69) is 6.58 Å². The molecule has 0 heterocycles. The quantitative estimate of drug-likeness (QED) is 0.338. The van der Waals surface area contributed by atoms with Crippen LogP contribution in [0.1, 0.15) is 12.8 Å². The van der Waals surface area contributed by atoms with Gasteiger partial charge in [-0.1, -0.05) is 6.08 Å². The molecule has 0 atom stereocenters. The summed E-state index contributed by atoms with van der Waals surface area (Å²) in [5.74, 6) is 0. The Morgan fingerprint density at radius 2 is 2.40 bits per heavy atom. The van der Waals surface area contributed by atoms with Crippen molar-refractivity contribution in [2.45, 2.75) is 12.8 Å². The maximum absolute atomic E-state index is 10.2. The Bertz CT molecular complexity index is 112. The molecule has 0 aliphatic carbocycles. The minimum absolute atomic E-state index is 0.304. The molecular formula is C7H11ClO2. The highest BCUT2D eigenvalue weighted by molar-refractivity contribution is 6.63. The smallest absolute Gasteiger partial charge is 0.221 e. The molecule has 0 aliphatic rings. The van der Waals surface area contributed by atoms with Gasteiger partial charge in [0.25, 0.3) is 0 Å². The summed E-state index contributed by atoms with van der Waals surface area (Å²) >= 11 is 5.08. The summed E-state index contributed by atoms with van der Waals surface area (Å²) in [6, 6.07) is 0. The van der Waals surface area contributed by atoms with Crippen molar-refractivity contribution in [3.8, 4) is 0 Å². The van der Waals surface area contributed by atoms with E-state index in [1.54, 1.807) is 6.08 Å². The molecule has 58 valence electrons. The van der Waals surface area contributed by atoms with Crippen LogP contribution in [-0.4, -0.2) is 18.5 Å². The van der Waals surface area contributed by atoms with Crippen LogP contribution >= 0.6 is 11.6 Å². The lowest BCUT2D eigenvalue weighted by atomic mass is 10.3. The van der Waals surface area contributed by atoms with Crippen molar-refractivity contribution in [3.05, 3.63) is 12.7 Å². The number of carbonyl (C=O) groups is 1. The Morgan fingerprint density at radius 1 is 1.70 bits per heavy atom. The van der Waals surface area contributed by atoms with E-state index in [1.165, 1.54) is 0 Å². The Balaban J connectivity index is 2.90. The molecule has 0 saturated carbocycles. The van der Waals surface area contributed by atoms with Gasteiger partial charge in [-0.25, -0.2) is 0 Å². The summed E-state index contributed by atoms with van der Waals surface area (Å²) in [5, 5.41) is -0.304. The second-order valence-corrected chi connectivity index (χ2v) is 2.24. The van der Waals surface area contributed by atoms with E-state index in [9.17, 15) is 4.79 Å². The van der Waals surface area contributed by atoms with Crippen molar-refractivity contribution in [1.82, 2.24) is 0 Å². The van der Waals surface area contributed by atoms with Crippen molar-refractivity contribution >= 4 is 16.8 Å². The molecule has 2 nitrogen and oxygen atoms in total. The highest BCUT2D eigenvalue weighted by Crippen LogP contribution is 1.94. The zero-order valence-electron chi connectivity index (χ0n) is 5.81. The van der Waals surface area contributed by atoms with Crippen LogP contribution in [0, 0.1) is 0 Å². The largest absolute Gasteiger partial charge is 0.377 e. The van der Waals surface area contributed by atoms with Crippen LogP contribution < -0.4 is 0 Å². The van der Waals surface area contributed by atoms with Gasteiger partial charge in [0.05, 0.1) is 6.61 Å². The molecule has 0 spiro atoms. The molecule has 0 unspecified atom stereocenters. The minimum atomic E-state index is -0.304. The normalized spacial score (nSPS) is 9.30. The Kier molecular flexibility index (Phi) is 6.55. The summed E-state index contributed by atoms with van der Waals surface area (Å²) in [6.45, 7) is 4.59. The van der Waals surface area contributed by atoms with Crippen molar-refractivity contribution < 1.29 is 9.53 Å². The lowest BCUT2D eigenvalue weighted by Crippen LogP contribution is -1.96. The molecule has 0 bridgehead atoms. The van der Waals surface area contributed by atoms with Crippen molar-refractivity contribution in [3.63, 3.8) is 0 Å². The first-order valence-corrected chi connectivity index (χ1v) is 3.52. The monoisotopic (exact) mass is 162 g/mol. The van der Waals surface area contributed by atoms with Gasteiger partial charge in [0.15, 0.2) is 0 Å². The summed E-state index contributed by atoms with van der Waals surface area (Å²) in [7, 11) is 0. The van der Waals surface area contributed by atoms with E-state index in [1.807, 2.05) is 0 Å². The summed E-state index contributed by atoms with van der Waals surface area (Å²) in [4.78, 5) is 10.2. The van der Waals surface area contributed by atoms with Crippen LogP contribution in [-0.2, 0) is 9.53 Å². The number of halogens is 1. The molecule has 0 rings (SSSR count). The molecule has 3 heteroatoms. The second-order valence-electron chi connectivity index (χ2n) is 1.82. The number of carbonyl (C=O) groups excluding carboxylic acids is 1. The van der Waals surface area contributed by atoms with Crippen molar-refractivity contribution in [2.24, 2.45) is 0 Å². The van der Waals surface area contributed by atoms with Crippen molar-refractivity contribution in [2.75, 3.05) is 13.2 Å². The van der Waals surface area contributed by atoms with Gasteiger partial charge in [0.1, 0.15) is 0 Å². The van der Waals surface area contributed by atoms with Gasteiger partial charge in [0.2, 0.25) is 5.24 Å².